The fraction of sp³-hybridized carbons (Fsp3) is 0.455. The number of hydrogen-bond donors (Lipinski definition) is 1. The number of hydrogen-bond acceptors (Lipinski definition) is 2. The van der Waals surface area contributed by atoms with Crippen LogP contribution in [0.3, 0.4) is 0 Å². The van der Waals surface area contributed by atoms with Crippen molar-refractivity contribution in [3.8, 4) is 0 Å². The van der Waals surface area contributed by atoms with Crippen LogP contribution in [-0.4, -0.2) is 12.1 Å². The number of halogens is 1. The van der Waals surface area contributed by atoms with Gasteiger partial charge in [-0.2, -0.15) is 0 Å². The second-order valence-corrected chi connectivity index (χ2v) is 4.71. The lowest BCUT2D eigenvalue weighted by Gasteiger charge is -2.17. The molecule has 2 nitrogen and oxygen atoms in total. The molecule has 1 atom stereocenters. The largest absolute Gasteiger partial charge is 0.357 e. The third-order valence-electron chi connectivity index (χ3n) is 2.28. The van der Waals surface area contributed by atoms with Crippen molar-refractivity contribution in [2.45, 2.75) is 25.6 Å². The maximum Gasteiger partial charge on any atom is 0.134 e. The highest BCUT2D eigenvalue weighted by atomic mass is 35.5. The summed E-state index contributed by atoms with van der Waals surface area (Å²) in [5, 5.41) is 4.14. The molecule has 2 rings (SSSR count). The molecule has 1 aromatic carbocycles. The molecule has 1 heterocycles. The van der Waals surface area contributed by atoms with Gasteiger partial charge in [0.2, 0.25) is 0 Å². The fourth-order valence-corrected chi connectivity index (χ4v) is 1.78. The molecule has 0 spiro atoms. The molecule has 0 bridgehead atoms. The Bertz CT molecular complexity index is 338. The van der Waals surface area contributed by atoms with Crippen molar-refractivity contribution in [1.82, 2.24) is 5.32 Å². The van der Waals surface area contributed by atoms with Gasteiger partial charge in [0.25, 0.3) is 0 Å². The SMILES string of the molecule is CC1(C)COC(c2cccc(Cl)c2)N1. The molecule has 0 aromatic heterocycles. The van der Waals surface area contributed by atoms with Crippen molar-refractivity contribution in [3.05, 3.63) is 34.9 Å². The first-order valence-electron chi connectivity index (χ1n) is 4.72. The first-order chi connectivity index (χ1) is 6.57. The highest BCUT2D eigenvalue weighted by molar-refractivity contribution is 6.30. The molecule has 0 radical (unpaired) electrons. The van der Waals surface area contributed by atoms with E-state index in [1.165, 1.54) is 0 Å². The lowest BCUT2D eigenvalue weighted by Crippen LogP contribution is -2.35. The Balaban J connectivity index is 2.17. The van der Waals surface area contributed by atoms with Crippen molar-refractivity contribution in [2.24, 2.45) is 0 Å². The molecule has 0 saturated carbocycles. The van der Waals surface area contributed by atoms with E-state index in [2.05, 4.69) is 19.2 Å². The van der Waals surface area contributed by atoms with Crippen molar-refractivity contribution in [1.29, 1.82) is 0 Å². The zero-order valence-electron chi connectivity index (χ0n) is 8.38. The zero-order chi connectivity index (χ0) is 10.2. The van der Waals surface area contributed by atoms with Crippen LogP contribution in [0.4, 0.5) is 0 Å². The lowest BCUT2D eigenvalue weighted by atomic mass is 10.1. The van der Waals surface area contributed by atoms with Crippen molar-refractivity contribution >= 4 is 11.6 Å². The van der Waals surface area contributed by atoms with Crippen LogP contribution in [0.25, 0.3) is 0 Å². The summed E-state index contributed by atoms with van der Waals surface area (Å²) in [4.78, 5) is 0. The summed E-state index contributed by atoms with van der Waals surface area (Å²) in [5.74, 6) is 0. The van der Waals surface area contributed by atoms with Crippen LogP contribution in [0.1, 0.15) is 25.6 Å². The second-order valence-electron chi connectivity index (χ2n) is 4.27. The quantitative estimate of drug-likeness (QED) is 0.772. The molecule has 1 fully saturated rings. The van der Waals surface area contributed by atoms with E-state index < -0.39 is 0 Å². The predicted octanol–water partition coefficient (Wildman–Crippen LogP) is 2.74. The summed E-state index contributed by atoms with van der Waals surface area (Å²) in [6, 6.07) is 7.75. The molecule has 1 aliphatic heterocycles. The number of rotatable bonds is 1. The summed E-state index contributed by atoms with van der Waals surface area (Å²) in [6.45, 7) is 4.97. The molecule has 1 aliphatic rings. The topological polar surface area (TPSA) is 21.3 Å². The molecule has 76 valence electrons. The predicted molar refractivity (Wildman–Crippen MR) is 57.4 cm³/mol. The van der Waals surface area contributed by atoms with Crippen molar-refractivity contribution < 1.29 is 4.74 Å². The summed E-state index contributed by atoms with van der Waals surface area (Å²) >= 11 is 5.91. The van der Waals surface area contributed by atoms with Crippen LogP contribution in [0.15, 0.2) is 24.3 Å². The van der Waals surface area contributed by atoms with Crippen LogP contribution >= 0.6 is 11.6 Å². The van der Waals surface area contributed by atoms with Gasteiger partial charge in [-0.25, -0.2) is 0 Å². The maximum absolute atomic E-state index is 5.91. The minimum atomic E-state index is -0.0244. The number of benzene rings is 1. The van der Waals surface area contributed by atoms with E-state index in [1.807, 2.05) is 24.3 Å². The van der Waals surface area contributed by atoms with E-state index in [-0.39, 0.29) is 11.8 Å². The molecule has 0 amide bonds. The van der Waals surface area contributed by atoms with E-state index in [0.717, 1.165) is 17.2 Å². The number of nitrogens with one attached hydrogen (secondary N) is 1. The van der Waals surface area contributed by atoms with Crippen LogP contribution < -0.4 is 5.32 Å². The monoisotopic (exact) mass is 211 g/mol. The van der Waals surface area contributed by atoms with Gasteiger partial charge in [0, 0.05) is 10.6 Å². The van der Waals surface area contributed by atoms with Gasteiger partial charge >= 0.3 is 0 Å². The Morgan fingerprint density at radius 3 is 2.86 bits per heavy atom. The molecule has 1 unspecified atom stereocenters. The third-order valence-corrected chi connectivity index (χ3v) is 2.52. The number of ether oxygens (including phenoxy) is 1. The summed E-state index contributed by atoms with van der Waals surface area (Å²) in [5.41, 5.74) is 1.13. The Kier molecular flexibility index (Phi) is 2.52. The molecule has 3 heteroatoms. The molecule has 0 aliphatic carbocycles. The van der Waals surface area contributed by atoms with Gasteiger partial charge in [0.1, 0.15) is 6.23 Å². The van der Waals surface area contributed by atoms with Crippen molar-refractivity contribution in [2.75, 3.05) is 6.61 Å². The average Bonchev–Trinajstić information content (AvgIpc) is 2.46. The van der Waals surface area contributed by atoms with E-state index in [9.17, 15) is 0 Å². The molecule has 14 heavy (non-hydrogen) atoms. The van der Waals surface area contributed by atoms with Gasteiger partial charge in [-0.3, -0.25) is 5.32 Å². The summed E-state index contributed by atoms with van der Waals surface area (Å²) in [6.07, 6.45) is -0.0244. The first kappa shape index (κ1) is 9.97. The molecule has 1 N–H and O–H groups in total. The Morgan fingerprint density at radius 2 is 2.29 bits per heavy atom. The molecule has 1 aromatic rings. The van der Waals surface area contributed by atoms with Crippen LogP contribution in [0, 0.1) is 0 Å². The minimum Gasteiger partial charge on any atom is -0.357 e. The lowest BCUT2D eigenvalue weighted by molar-refractivity contribution is 0.0989. The van der Waals surface area contributed by atoms with Crippen LogP contribution in [0.5, 0.6) is 0 Å². The van der Waals surface area contributed by atoms with E-state index in [0.29, 0.717) is 0 Å². The van der Waals surface area contributed by atoms with Gasteiger partial charge in [0.05, 0.1) is 6.61 Å². The average molecular weight is 212 g/mol. The van der Waals surface area contributed by atoms with Gasteiger partial charge in [-0.15, -0.1) is 0 Å². The van der Waals surface area contributed by atoms with Crippen LogP contribution in [-0.2, 0) is 4.74 Å². The Labute approximate surface area is 89.2 Å². The van der Waals surface area contributed by atoms with E-state index in [1.54, 1.807) is 0 Å². The highest BCUT2D eigenvalue weighted by Crippen LogP contribution is 2.27. The van der Waals surface area contributed by atoms with E-state index in [4.69, 9.17) is 16.3 Å². The smallest absolute Gasteiger partial charge is 0.134 e. The van der Waals surface area contributed by atoms with E-state index >= 15 is 0 Å². The van der Waals surface area contributed by atoms with Gasteiger partial charge in [0.15, 0.2) is 0 Å². The highest BCUT2D eigenvalue weighted by Gasteiger charge is 2.31. The van der Waals surface area contributed by atoms with Crippen LogP contribution in [0.2, 0.25) is 5.02 Å². The van der Waals surface area contributed by atoms with Gasteiger partial charge < -0.3 is 4.74 Å². The molecular weight excluding hydrogens is 198 g/mol. The Hall–Kier alpha value is -0.570. The minimum absolute atomic E-state index is 0.0244. The fourth-order valence-electron chi connectivity index (χ4n) is 1.58. The zero-order valence-corrected chi connectivity index (χ0v) is 9.14. The second kappa shape index (κ2) is 3.54. The summed E-state index contributed by atoms with van der Waals surface area (Å²) in [7, 11) is 0. The molecular formula is C11H14ClNO. The third kappa shape index (κ3) is 2.08. The molecule has 1 saturated heterocycles. The first-order valence-corrected chi connectivity index (χ1v) is 5.09. The maximum atomic E-state index is 5.91. The Morgan fingerprint density at radius 1 is 1.50 bits per heavy atom. The van der Waals surface area contributed by atoms with Crippen molar-refractivity contribution in [3.63, 3.8) is 0 Å². The normalized spacial score (nSPS) is 25.2. The standard InChI is InChI=1S/C11H14ClNO/c1-11(2)7-14-10(13-11)8-4-3-5-9(12)6-8/h3-6,10,13H,7H2,1-2H3. The van der Waals surface area contributed by atoms with Gasteiger partial charge in [-0.05, 0) is 31.5 Å². The van der Waals surface area contributed by atoms with Gasteiger partial charge in [-0.1, -0.05) is 23.7 Å². The summed E-state index contributed by atoms with van der Waals surface area (Å²) < 4.78 is 5.64.